The van der Waals surface area contributed by atoms with Gasteiger partial charge < -0.3 is 5.32 Å². The van der Waals surface area contributed by atoms with Crippen molar-refractivity contribution < 1.29 is 0 Å². The lowest BCUT2D eigenvalue weighted by atomic mass is 10.2. The molecule has 0 fully saturated rings. The van der Waals surface area contributed by atoms with E-state index in [-0.39, 0.29) is 0 Å². The van der Waals surface area contributed by atoms with Crippen LogP contribution in [0.4, 0.5) is 5.69 Å². The highest BCUT2D eigenvalue weighted by molar-refractivity contribution is 9.10. The Morgan fingerprint density at radius 1 is 1.35 bits per heavy atom. The van der Waals surface area contributed by atoms with Crippen LogP contribution >= 0.6 is 15.9 Å². The maximum atomic E-state index is 4.25. The van der Waals surface area contributed by atoms with Crippen molar-refractivity contribution in [2.45, 2.75) is 26.9 Å². The highest BCUT2D eigenvalue weighted by Crippen LogP contribution is 2.20. The standard InChI is InChI=1S/C13H16BrN3/c1-3-17-12(6-7-16-17)9-15-11-4-5-13(14)10(2)8-11/h4-8,15H,3,9H2,1-2H3. The second kappa shape index (κ2) is 5.36. The summed E-state index contributed by atoms with van der Waals surface area (Å²) in [4.78, 5) is 0. The van der Waals surface area contributed by atoms with Gasteiger partial charge in [0, 0.05) is 22.9 Å². The molecule has 1 heterocycles. The maximum Gasteiger partial charge on any atom is 0.0575 e. The van der Waals surface area contributed by atoms with Gasteiger partial charge in [-0.15, -0.1) is 0 Å². The first-order valence-corrected chi connectivity index (χ1v) is 6.50. The van der Waals surface area contributed by atoms with Gasteiger partial charge in [-0.05, 0) is 43.7 Å². The zero-order valence-electron chi connectivity index (χ0n) is 10.1. The van der Waals surface area contributed by atoms with Gasteiger partial charge in [-0.1, -0.05) is 15.9 Å². The molecule has 3 nitrogen and oxygen atoms in total. The Morgan fingerprint density at radius 3 is 2.88 bits per heavy atom. The van der Waals surface area contributed by atoms with E-state index in [1.165, 1.54) is 11.3 Å². The fourth-order valence-electron chi connectivity index (χ4n) is 1.74. The van der Waals surface area contributed by atoms with Gasteiger partial charge in [0.25, 0.3) is 0 Å². The zero-order chi connectivity index (χ0) is 12.3. The summed E-state index contributed by atoms with van der Waals surface area (Å²) in [7, 11) is 0. The second-order valence-corrected chi connectivity index (χ2v) is 4.81. The lowest BCUT2D eigenvalue weighted by molar-refractivity contribution is 0.627. The topological polar surface area (TPSA) is 29.9 Å². The molecule has 0 amide bonds. The molecule has 0 atom stereocenters. The summed E-state index contributed by atoms with van der Waals surface area (Å²) in [6.07, 6.45) is 1.84. The van der Waals surface area contributed by atoms with Crippen molar-refractivity contribution in [1.29, 1.82) is 0 Å². The molecule has 4 heteroatoms. The maximum absolute atomic E-state index is 4.25. The summed E-state index contributed by atoms with van der Waals surface area (Å²) in [6.45, 7) is 5.89. The van der Waals surface area contributed by atoms with Crippen LogP contribution in [0.2, 0.25) is 0 Å². The van der Waals surface area contributed by atoms with E-state index in [0.717, 1.165) is 23.2 Å². The molecule has 0 aliphatic rings. The minimum Gasteiger partial charge on any atom is -0.379 e. The van der Waals surface area contributed by atoms with Gasteiger partial charge in [0.15, 0.2) is 0 Å². The molecule has 0 spiro atoms. The quantitative estimate of drug-likeness (QED) is 0.934. The number of halogens is 1. The highest BCUT2D eigenvalue weighted by Gasteiger charge is 2.01. The molecule has 0 aliphatic heterocycles. The molecule has 1 aromatic heterocycles. The monoisotopic (exact) mass is 293 g/mol. The van der Waals surface area contributed by atoms with Crippen LogP contribution in [0.25, 0.3) is 0 Å². The molecular weight excluding hydrogens is 278 g/mol. The van der Waals surface area contributed by atoms with Crippen LogP contribution < -0.4 is 5.32 Å². The summed E-state index contributed by atoms with van der Waals surface area (Å²) in [5.74, 6) is 0. The summed E-state index contributed by atoms with van der Waals surface area (Å²) < 4.78 is 3.14. The molecular formula is C13H16BrN3. The molecule has 0 radical (unpaired) electrons. The van der Waals surface area contributed by atoms with Crippen molar-refractivity contribution in [3.05, 3.63) is 46.2 Å². The molecule has 17 heavy (non-hydrogen) atoms. The number of hydrogen-bond acceptors (Lipinski definition) is 2. The largest absolute Gasteiger partial charge is 0.379 e. The molecule has 0 aliphatic carbocycles. The Bertz CT molecular complexity index is 505. The number of aromatic nitrogens is 2. The molecule has 2 rings (SSSR count). The first-order valence-electron chi connectivity index (χ1n) is 5.71. The lowest BCUT2D eigenvalue weighted by Crippen LogP contribution is -2.07. The molecule has 1 N–H and O–H groups in total. The number of aryl methyl sites for hydroxylation is 2. The number of nitrogens with zero attached hydrogens (tertiary/aromatic N) is 2. The third kappa shape index (κ3) is 2.88. The van der Waals surface area contributed by atoms with E-state index in [9.17, 15) is 0 Å². The van der Waals surface area contributed by atoms with Gasteiger partial charge >= 0.3 is 0 Å². The number of hydrogen-bond donors (Lipinski definition) is 1. The fraction of sp³-hybridized carbons (Fsp3) is 0.308. The van der Waals surface area contributed by atoms with Crippen LogP contribution in [0.3, 0.4) is 0 Å². The van der Waals surface area contributed by atoms with Crippen LogP contribution in [-0.4, -0.2) is 9.78 Å². The van der Waals surface area contributed by atoms with Crippen LogP contribution in [0.1, 0.15) is 18.2 Å². The average Bonchev–Trinajstić information content (AvgIpc) is 2.78. The molecule has 1 aromatic carbocycles. The number of anilines is 1. The molecule has 2 aromatic rings. The summed E-state index contributed by atoms with van der Waals surface area (Å²) in [5, 5.41) is 7.66. The smallest absolute Gasteiger partial charge is 0.0575 e. The zero-order valence-corrected chi connectivity index (χ0v) is 11.7. The van der Waals surface area contributed by atoms with Gasteiger partial charge in [-0.2, -0.15) is 5.10 Å². The molecule has 90 valence electrons. The summed E-state index contributed by atoms with van der Waals surface area (Å²) >= 11 is 3.50. The Kier molecular flexibility index (Phi) is 3.84. The van der Waals surface area contributed by atoms with Crippen molar-refractivity contribution in [2.75, 3.05) is 5.32 Å². The summed E-state index contributed by atoms with van der Waals surface area (Å²) in [5.41, 5.74) is 3.57. The van der Waals surface area contributed by atoms with E-state index in [2.05, 4.69) is 58.4 Å². The molecule has 0 saturated carbocycles. The van der Waals surface area contributed by atoms with E-state index < -0.39 is 0 Å². The van der Waals surface area contributed by atoms with Crippen molar-refractivity contribution in [2.24, 2.45) is 0 Å². The Labute approximate surface area is 110 Å². The molecule has 0 unspecified atom stereocenters. The van der Waals surface area contributed by atoms with E-state index >= 15 is 0 Å². The molecule has 0 saturated heterocycles. The average molecular weight is 294 g/mol. The number of nitrogens with one attached hydrogen (secondary N) is 1. The Balaban J connectivity index is 2.05. The van der Waals surface area contributed by atoms with E-state index in [1.807, 2.05) is 16.9 Å². The van der Waals surface area contributed by atoms with Gasteiger partial charge in [0.05, 0.1) is 12.2 Å². The van der Waals surface area contributed by atoms with Crippen LogP contribution in [0.5, 0.6) is 0 Å². The fourth-order valence-corrected chi connectivity index (χ4v) is 1.99. The lowest BCUT2D eigenvalue weighted by Gasteiger charge is -2.09. The third-order valence-corrected chi connectivity index (χ3v) is 3.63. The third-order valence-electron chi connectivity index (χ3n) is 2.74. The molecule has 0 bridgehead atoms. The predicted molar refractivity (Wildman–Crippen MR) is 74.1 cm³/mol. The second-order valence-electron chi connectivity index (χ2n) is 3.96. The van der Waals surface area contributed by atoms with Gasteiger partial charge in [-0.25, -0.2) is 0 Å². The van der Waals surface area contributed by atoms with Gasteiger partial charge in [0.1, 0.15) is 0 Å². The van der Waals surface area contributed by atoms with Crippen molar-refractivity contribution in [3.8, 4) is 0 Å². The van der Waals surface area contributed by atoms with Crippen molar-refractivity contribution in [1.82, 2.24) is 9.78 Å². The first kappa shape index (κ1) is 12.2. The Morgan fingerprint density at radius 2 is 2.18 bits per heavy atom. The van der Waals surface area contributed by atoms with Crippen molar-refractivity contribution >= 4 is 21.6 Å². The van der Waals surface area contributed by atoms with E-state index in [1.54, 1.807) is 0 Å². The van der Waals surface area contributed by atoms with Crippen LogP contribution in [0.15, 0.2) is 34.9 Å². The normalized spacial score (nSPS) is 10.5. The highest BCUT2D eigenvalue weighted by atomic mass is 79.9. The Hall–Kier alpha value is -1.29. The van der Waals surface area contributed by atoms with Crippen LogP contribution in [0, 0.1) is 6.92 Å². The van der Waals surface area contributed by atoms with E-state index in [4.69, 9.17) is 0 Å². The first-order chi connectivity index (χ1) is 8.20. The summed E-state index contributed by atoms with van der Waals surface area (Å²) in [6, 6.07) is 8.32. The predicted octanol–water partition coefficient (Wildman–Crippen LogP) is 3.59. The van der Waals surface area contributed by atoms with Gasteiger partial charge in [-0.3, -0.25) is 4.68 Å². The van der Waals surface area contributed by atoms with E-state index in [0.29, 0.717) is 0 Å². The number of benzene rings is 1. The van der Waals surface area contributed by atoms with Crippen molar-refractivity contribution in [3.63, 3.8) is 0 Å². The van der Waals surface area contributed by atoms with Crippen LogP contribution in [-0.2, 0) is 13.1 Å². The minimum atomic E-state index is 0.801. The number of rotatable bonds is 4. The minimum absolute atomic E-state index is 0.801. The van der Waals surface area contributed by atoms with Gasteiger partial charge in [0.2, 0.25) is 0 Å². The SMILES string of the molecule is CCn1nccc1CNc1ccc(Br)c(C)c1.